The van der Waals surface area contributed by atoms with Crippen molar-refractivity contribution in [2.75, 3.05) is 0 Å². The highest BCUT2D eigenvalue weighted by Gasteiger charge is 2.22. The SMILES string of the molecule is O=c1ccc2c(C3CCCC3)ccc3nc(-c4ccccc4)n1c32. The van der Waals surface area contributed by atoms with Crippen molar-refractivity contribution >= 4 is 16.4 Å². The minimum Gasteiger partial charge on any atom is -0.269 e. The van der Waals surface area contributed by atoms with Gasteiger partial charge in [0.2, 0.25) is 0 Å². The molecule has 0 N–H and O–H groups in total. The second-order valence-corrected chi connectivity index (χ2v) is 6.73. The fourth-order valence-corrected chi connectivity index (χ4v) is 4.20. The van der Waals surface area contributed by atoms with Crippen LogP contribution in [0.3, 0.4) is 0 Å². The van der Waals surface area contributed by atoms with E-state index in [9.17, 15) is 4.79 Å². The van der Waals surface area contributed by atoms with Crippen LogP contribution in [0.15, 0.2) is 59.4 Å². The Morgan fingerprint density at radius 3 is 2.50 bits per heavy atom. The van der Waals surface area contributed by atoms with Crippen molar-refractivity contribution in [2.24, 2.45) is 0 Å². The van der Waals surface area contributed by atoms with Crippen molar-refractivity contribution in [1.29, 1.82) is 0 Å². The molecule has 0 amide bonds. The lowest BCUT2D eigenvalue weighted by Crippen LogP contribution is -2.12. The first-order valence-electron chi connectivity index (χ1n) is 8.66. The van der Waals surface area contributed by atoms with Crippen molar-refractivity contribution in [3.8, 4) is 11.4 Å². The first-order valence-corrected chi connectivity index (χ1v) is 8.66. The van der Waals surface area contributed by atoms with Gasteiger partial charge in [0, 0.05) is 17.0 Å². The molecule has 2 aromatic heterocycles. The van der Waals surface area contributed by atoms with E-state index in [0.29, 0.717) is 5.92 Å². The molecule has 1 fully saturated rings. The number of imidazole rings is 1. The van der Waals surface area contributed by atoms with Crippen molar-refractivity contribution < 1.29 is 0 Å². The first kappa shape index (κ1) is 13.7. The van der Waals surface area contributed by atoms with Crippen molar-refractivity contribution in [1.82, 2.24) is 9.38 Å². The fourth-order valence-electron chi connectivity index (χ4n) is 4.20. The molecule has 0 bridgehead atoms. The number of nitrogens with zero attached hydrogens (tertiary/aromatic N) is 2. The van der Waals surface area contributed by atoms with Crippen molar-refractivity contribution in [3.63, 3.8) is 0 Å². The summed E-state index contributed by atoms with van der Waals surface area (Å²) in [4.78, 5) is 17.4. The quantitative estimate of drug-likeness (QED) is 0.541. The van der Waals surface area contributed by atoms with Crippen LogP contribution in [0.4, 0.5) is 0 Å². The Labute approximate surface area is 139 Å². The molecule has 2 heterocycles. The summed E-state index contributed by atoms with van der Waals surface area (Å²) >= 11 is 0. The number of aromatic nitrogens is 2. The molecular formula is C21H18N2O. The summed E-state index contributed by atoms with van der Waals surface area (Å²) in [5, 5.41) is 1.19. The van der Waals surface area contributed by atoms with Crippen LogP contribution in [-0.4, -0.2) is 9.38 Å². The molecule has 118 valence electrons. The molecule has 4 aromatic rings. The van der Waals surface area contributed by atoms with E-state index >= 15 is 0 Å². The molecule has 0 saturated heterocycles. The van der Waals surface area contributed by atoms with Gasteiger partial charge in [0.05, 0.1) is 11.0 Å². The fraction of sp³-hybridized carbons (Fsp3) is 0.238. The van der Waals surface area contributed by atoms with Gasteiger partial charge in [0.15, 0.2) is 0 Å². The summed E-state index contributed by atoms with van der Waals surface area (Å²) in [6, 6.07) is 18.0. The van der Waals surface area contributed by atoms with Gasteiger partial charge in [-0.3, -0.25) is 9.20 Å². The Morgan fingerprint density at radius 2 is 1.71 bits per heavy atom. The number of rotatable bonds is 2. The molecule has 0 radical (unpaired) electrons. The molecule has 3 nitrogen and oxygen atoms in total. The van der Waals surface area contributed by atoms with E-state index in [1.54, 1.807) is 10.5 Å². The lowest BCUT2D eigenvalue weighted by Gasteiger charge is -2.13. The van der Waals surface area contributed by atoms with E-state index in [0.717, 1.165) is 22.4 Å². The monoisotopic (exact) mass is 314 g/mol. The van der Waals surface area contributed by atoms with Gasteiger partial charge in [0.1, 0.15) is 5.82 Å². The number of hydrogen-bond acceptors (Lipinski definition) is 2. The smallest absolute Gasteiger partial charge is 0.256 e. The normalized spacial score (nSPS) is 15.7. The third-order valence-corrected chi connectivity index (χ3v) is 5.33. The molecule has 1 saturated carbocycles. The Kier molecular flexibility index (Phi) is 2.96. The van der Waals surface area contributed by atoms with Gasteiger partial charge < -0.3 is 0 Å². The van der Waals surface area contributed by atoms with Gasteiger partial charge >= 0.3 is 0 Å². The molecule has 2 aromatic carbocycles. The first-order chi connectivity index (χ1) is 11.8. The third-order valence-electron chi connectivity index (χ3n) is 5.33. The molecular weight excluding hydrogens is 296 g/mol. The maximum Gasteiger partial charge on any atom is 0.256 e. The average Bonchev–Trinajstić information content (AvgIpc) is 3.27. The summed E-state index contributed by atoms with van der Waals surface area (Å²) in [5.74, 6) is 1.36. The second-order valence-electron chi connectivity index (χ2n) is 6.73. The third kappa shape index (κ3) is 1.91. The lowest BCUT2D eigenvalue weighted by atomic mass is 9.93. The van der Waals surface area contributed by atoms with Crippen LogP contribution in [0.1, 0.15) is 37.2 Å². The molecule has 0 spiro atoms. The van der Waals surface area contributed by atoms with Gasteiger partial charge in [0.25, 0.3) is 5.56 Å². The summed E-state index contributed by atoms with van der Waals surface area (Å²) in [7, 11) is 0. The van der Waals surface area contributed by atoms with Crippen LogP contribution in [-0.2, 0) is 0 Å². The van der Waals surface area contributed by atoms with E-state index in [-0.39, 0.29) is 5.56 Å². The van der Waals surface area contributed by atoms with Crippen molar-refractivity contribution in [2.45, 2.75) is 31.6 Å². The number of benzene rings is 2. The van der Waals surface area contributed by atoms with Crippen LogP contribution in [0, 0.1) is 0 Å². The van der Waals surface area contributed by atoms with Crippen LogP contribution in [0.5, 0.6) is 0 Å². The van der Waals surface area contributed by atoms with Crippen molar-refractivity contribution in [3.05, 3.63) is 70.5 Å². The van der Waals surface area contributed by atoms with Gasteiger partial charge in [-0.2, -0.15) is 0 Å². The van der Waals surface area contributed by atoms with E-state index in [4.69, 9.17) is 4.98 Å². The highest BCUT2D eigenvalue weighted by atomic mass is 16.1. The van der Waals surface area contributed by atoms with Gasteiger partial charge in [-0.05, 0) is 36.5 Å². The van der Waals surface area contributed by atoms with E-state index in [1.807, 2.05) is 36.4 Å². The maximum atomic E-state index is 12.6. The topological polar surface area (TPSA) is 34.4 Å². The maximum absolute atomic E-state index is 12.6. The molecule has 1 aliphatic rings. The van der Waals surface area contributed by atoms with Gasteiger partial charge in [-0.15, -0.1) is 0 Å². The van der Waals surface area contributed by atoms with Crippen LogP contribution >= 0.6 is 0 Å². The predicted octanol–water partition coefficient (Wildman–Crippen LogP) is 4.61. The largest absolute Gasteiger partial charge is 0.269 e. The average molecular weight is 314 g/mol. The summed E-state index contributed by atoms with van der Waals surface area (Å²) in [6.45, 7) is 0. The number of pyridine rings is 1. The highest BCUT2D eigenvalue weighted by molar-refractivity contribution is 5.98. The Bertz CT molecular complexity index is 1080. The molecule has 1 aliphatic carbocycles. The summed E-state index contributed by atoms with van der Waals surface area (Å²) < 4.78 is 1.79. The number of hydrogen-bond donors (Lipinski definition) is 0. The van der Waals surface area contributed by atoms with E-state index in [1.165, 1.54) is 36.6 Å². The van der Waals surface area contributed by atoms with E-state index in [2.05, 4.69) is 12.1 Å². The zero-order chi connectivity index (χ0) is 16.1. The Balaban J connectivity index is 1.86. The van der Waals surface area contributed by atoms with Gasteiger partial charge in [-0.1, -0.05) is 49.2 Å². The molecule has 0 aliphatic heterocycles. The minimum atomic E-state index is -0.00701. The van der Waals surface area contributed by atoms with Gasteiger partial charge in [-0.25, -0.2) is 4.98 Å². The Morgan fingerprint density at radius 1 is 0.917 bits per heavy atom. The lowest BCUT2D eigenvalue weighted by molar-refractivity contribution is 0.729. The summed E-state index contributed by atoms with van der Waals surface area (Å²) in [6.07, 6.45) is 5.11. The van der Waals surface area contributed by atoms with Crippen LogP contribution in [0.25, 0.3) is 27.8 Å². The zero-order valence-corrected chi connectivity index (χ0v) is 13.4. The standard InChI is InChI=1S/C21H18N2O/c24-19-13-11-17-16(14-6-4-5-7-14)10-12-18-20(17)23(19)21(22-18)15-8-2-1-3-9-15/h1-3,8-14H,4-7H2. The molecule has 5 rings (SSSR count). The molecule has 0 unspecified atom stereocenters. The molecule has 24 heavy (non-hydrogen) atoms. The van der Waals surface area contributed by atoms with E-state index < -0.39 is 0 Å². The van der Waals surface area contributed by atoms with Crippen LogP contribution in [0.2, 0.25) is 0 Å². The molecule has 3 heteroatoms. The minimum absolute atomic E-state index is 0.00701. The second kappa shape index (κ2) is 5.17. The zero-order valence-electron chi connectivity index (χ0n) is 13.4. The summed E-state index contributed by atoms with van der Waals surface area (Å²) in [5.41, 5.74) is 4.23. The van der Waals surface area contributed by atoms with Crippen LogP contribution < -0.4 is 5.56 Å². The predicted molar refractivity (Wildman–Crippen MR) is 96.8 cm³/mol. The Hall–Kier alpha value is -2.68. The molecule has 0 atom stereocenters. The highest BCUT2D eigenvalue weighted by Crippen LogP contribution is 2.39.